The van der Waals surface area contributed by atoms with Crippen LogP contribution < -0.4 is 5.43 Å². The van der Waals surface area contributed by atoms with E-state index >= 15 is 0 Å². The summed E-state index contributed by atoms with van der Waals surface area (Å²) < 4.78 is 12.5. The number of hydrogen-bond donors (Lipinski definition) is 1. The summed E-state index contributed by atoms with van der Waals surface area (Å²) in [7, 11) is 0. The number of benzene rings is 1. The summed E-state index contributed by atoms with van der Waals surface area (Å²) in [4.78, 5) is 12.2. The van der Waals surface area contributed by atoms with Crippen LogP contribution in [0.3, 0.4) is 0 Å². The molecule has 0 aliphatic carbocycles. The van der Waals surface area contributed by atoms with Crippen molar-refractivity contribution < 1.29 is 14.7 Å². The number of unbranched alkanes of at least 4 members (excludes halogenated alkanes) is 8. The molecule has 1 atom stereocenters. The Morgan fingerprint density at radius 1 is 0.967 bits per heavy atom. The molecule has 1 saturated heterocycles. The highest BCUT2D eigenvalue weighted by atomic mass is 16.7. The molecule has 1 fully saturated rings. The molecule has 3 rings (SSSR count). The number of nitrogens with zero attached hydrogens (tertiary/aromatic N) is 1. The van der Waals surface area contributed by atoms with Crippen LogP contribution in [0.1, 0.15) is 82.7 Å². The first-order chi connectivity index (χ1) is 14.8. The third-order valence-corrected chi connectivity index (χ3v) is 5.99. The fourth-order valence-electron chi connectivity index (χ4n) is 4.19. The second-order valence-electron chi connectivity index (χ2n) is 8.43. The van der Waals surface area contributed by atoms with Gasteiger partial charge in [-0.1, -0.05) is 57.1 Å². The molecule has 0 bridgehead atoms. The minimum atomic E-state index is -0.0115. The van der Waals surface area contributed by atoms with Gasteiger partial charge in [-0.25, -0.2) is 0 Å². The maximum absolute atomic E-state index is 12.2. The van der Waals surface area contributed by atoms with Gasteiger partial charge in [-0.05, 0) is 50.7 Å². The van der Waals surface area contributed by atoms with Crippen LogP contribution in [-0.4, -0.2) is 29.4 Å². The van der Waals surface area contributed by atoms with E-state index in [1.165, 1.54) is 56.1 Å². The van der Waals surface area contributed by atoms with E-state index in [0.717, 1.165) is 45.3 Å². The van der Waals surface area contributed by atoms with Crippen LogP contribution in [0.25, 0.3) is 10.9 Å². The van der Waals surface area contributed by atoms with Gasteiger partial charge in [0.25, 0.3) is 0 Å². The Balaban J connectivity index is 1.19. The van der Waals surface area contributed by atoms with Crippen molar-refractivity contribution >= 4 is 10.9 Å². The number of pyridine rings is 1. The lowest BCUT2D eigenvalue weighted by atomic mass is 10.0. The van der Waals surface area contributed by atoms with Crippen LogP contribution in [0, 0.1) is 0 Å². The van der Waals surface area contributed by atoms with E-state index in [2.05, 4.69) is 0 Å². The summed E-state index contributed by atoms with van der Waals surface area (Å²) in [5.41, 5.74) is 1.29. The van der Waals surface area contributed by atoms with Gasteiger partial charge < -0.3 is 14.7 Å². The lowest BCUT2D eigenvalue weighted by Crippen LogP contribution is -2.22. The van der Waals surface area contributed by atoms with Crippen molar-refractivity contribution in [2.45, 2.75) is 89.8 Å². The van der Waals surface area contributed by atoms with Gasteiger partial charge in [0.1, 0.15) is 0 Å². The van der Waals surface area contributed by atoms with Crippen molar-refractivity contribution in [3.8, 4) is 0 Å². The predicted molar refractivity (Wildman–Crippen MR) is 120 cm³/mol. The van der Waals surface area contributed by atoms with Crippen molar-refractivity contribution in [3.63, 3.8) is 0 Å². The first-order valence-electron chi connectivity index (χ1n) is 11.8. The smallest absolute Gasteiger partial charge is 0.189 e. The number of hydrogen-bond acceptors (Lipinski definition) is 4. The van der Waals surface area contributed by atoms with E-state index in [-0.39, 0.29) is 11.7 Å². The Kier molecular flexibility index (Phi) is 9.71. The van der Waals surface area contributed by atoms with Gasteiger partial charge in [-0.15, -0.1) is 0 Å². The van der Waals surface area contributed by atoms with Crippen molar-refractivity contribution in [1.29, 1.82) is 0 Å². The zero-order chi connectivity index (χ0) is 21.0. The molecule has 5 nitrogen and oxygen atoms in total. The van der Waals surface area contributed by atoms with Gasteiger partial charge in [0.15, 0.2) is 11.7 Å². The van der Waals surface area contributed by atoms with Crippen molar-refractivity contribution in [1.82, 2.24) is 4.73 Å². The molecule has 1 aromatic heterocycles. The Hall–Kier alpha value is -1.85. The number of fused-ring (bicyclic) bond motifs is 1. The molecule has 2 heterocycles. The topological polar surface area (TPSA) is 60.7 Å². The molecule has 1 aromatic carbocycles. The van der Waals surface area contributed by atoms with Crippen molar-refractivity contribution in [2.24, 2.45) is 0 Å². The van der Waals surface area contributed by atoms with E-state index in [4.69, 9.17) is 9.47 Å². The monoisotopic (exact) mass is 415 g/mol. The highest BCUT2D eigenvalue weighted by Gasteiger charge is 2.13. The molecule has 1 N–H and O–H groups in total. The number of rotatable bonds is 13. The summed E-state index contributed by atoms with van der Waals surface area (Å²) in [6, 6.07) is 8.79. The highest BCUT2D eigenvalue weighted by Crippen LogP contribution is 2.16. The second-order valence-corrected chi connectivity index (χ2v) is 8.43. The molecule has 0 spiro atoms. The molecule has 1 aliphatic rings. The third kappa shape index (κ3) is 7.13. The van der Waals surface area contributed by atoms with Crippen LogP contribution in [0.2, 0.25) is 0 Å². The summed E-state index contributed by atoms with van der Waals surface area (Å²) in [6.07, 6.45) is 15.1. The molecule has 30 heavy (non-hydrogen) atoms. The summed E-state index contributed by atoms with van der Waals surface area (Å²) in [5, 5.41) is 10.9. The van der Waals surface area contributed by atoms with E-state index in [1.807, 2.05) is 12.1 Å². The van der Waals surface area contributed by atoms with Crippen LogP contribution in [0.5, 0.6) is 0 Å². The summed E-state index contributed by atoms with van der Waals surface area (Å²) >= 11 is 0. The van der Waals surface area contributed by atoms with Crippen LogP contribution in [-0.2, 0) is 15.9 Å². The lowest BCUT2D eigenvalue weighted by Gasteiger charge is -2.22. The fraction of sp³-hybridized carbons (Fsp3) is 0.640. The standard InChI is InChI=1S/C25H37NO4/c27-24-20-21(26(28)23-16-10-9-15-22(23)24)14-8-6-4-2-1-3-5-7-12-18-29-25-17-11-13-19-30-25/h9-10,15-16,20,25,28H,1-8,11-14,17-19H2. The molecular formula is C25H37NO4. The molecule has 1 aliphatic heterocycles. The van der Waals surface area contributed by atoms with Gasteiger partial charge >= 0.3 is 0 Å². The zero-order valence-corrected chi connectivity index (χ0v) is 18.2. The van der Waals surface area contributed by atoms with Crippen LogP contribution >= 0.6 is 0 Å². The molecule has 0 radical (unpaired) electrons. The number of ether oxygens (including phenoxy) is 2. The quantitative estimate of drug-likeness (QED) is 0.330. The summed E-state index contributed by atoms with van der Waals surface area (Å²) in [6.45, 7) is 1.68. The maximum Gasteiger partial charge on any atom is 0.189 e. The average Bonchev–Trinajstić information content (AvgIpc) is 2.78. The van der Waals surface area contributed by atoms with Crippen molar-refractivity contribution in [2.75, 3.05) is 13.2 Å². The van der Waals surface area contributed by atoms with E-state index in [0.29, 0.717) is 16.6 Å². The SMILES string of the molecule is O=c1cc(CCCCCCCCCCCOC2CCCCO2)n(O)c2ccccc12. The molecule has 0 amide bonds. The predicted octanol–water partition coefficient (Wildman–Crippen LogP) is 5.84. The first kappa shape index (κ1) is 22.8. The molecule has 5 heteroatoms. The van der Waals surface area contributed by atoms with Gasteiger partial charge in [0, 0.05) is 24.7 Å². The Morgan fingerprint density at radius 2 is 1.67 bits per heavy atom. The van der Waals surface area contributed by atoms with Crippen molar-refractivity contribution in [3.05, 3.63) is 46.2 Å². The molecule has 166 valence electrons. The first-order valence-corrected chi connectivity index (χ1v) is 11.8. The van der Waals surface area contributed by atoms with Gasteiger partial charge in [-0.2, -0.15) is 4.73 Å². The summed E-state index contributed by atoms with van der Waals surface area (Å²) in [5.74, 6) is 0. The van der Waals surface area contributed by atoms with Crippen LogP contribution in [0.4, 0.5) is 0 Å². The Morgan fingerprint density at radius 3 is 2.40 bits per heavy atom. The van der Waals surface area contributed by atoms with Gasteiger partial charge in [0.05, 0.1) is 11.2 Å². The van der Waals surface area contributed by atoms with E-state index in [1.54, 1.807) is 18.2 Å². The van der Waals surface area contributed by atoms with E-state index < -0.39 is 0 Å². The number of aryl methyl sites for hydroxylation is 1. The maximum atomic E-state index is 12.2. The zero-order valence-electron chi connectivity index (χ0n) is 18.2. The van der Waals surface area contributed by atoms with E-state index in [9.17, 15) is 10.0 Å². The second kappa shape index (κ2) is 12.8. The van der Waals surface area contributed by atoms with Gasteiger partial charge in [0.2, 0.25) is 0 Å². The third-order valence-electron chi connectivity index (χ3n) is 5.99. The molecule has 0 saturated carbocycles. The molecule has 1 unspecified atom stereocenters. The normalized spacial score (nSPS) is 16.9. The molecular weight excluding hydrogens is 378 g/mol. The van der Waals surface area contributed by atoms with Crippen LogP contribution in [0.15, 0.2) is 35.1 Å². The minimum absolute atomic E-state index is 0.0115. The highest BCUT2D eigenvalue weighted by molar-refractivity contribution is 5.78. The number of para-hydroxylation sites is 1. The minimum Gasteiger partial charge on any atom is -0.428 e. The Labute approximate surface area is 180 Å². The number of aromatic nitrogens is 1. The molecule has 2 aromatic rings. The largest absolute Gasteiger partial charge is 0.428 e. The average molecular weight is 416 g/mol. The fourth-order valence-corrected chi connectivity index (χ4v) is 4.19. The lowest BCUT2D eigenvalue weighted by molar-refractivity contribution is -0.162. The Bertz CT molecular complexity index is 810. The van der Waals surface area contributed by atoms with Gasteiger partial charge in [-0.3, -0.25) is 4.79 Å².